The average Bonchev–Trinajstić information content (AvgIpc) is 3.01. The number of thiazole rings is 1. The number of benzene rings is 2. The number of anilines is 1. The lowest BCUT2D eigenvalue weighted by molar-refractivity contribution is -0.137. The zero-order valence-electron chi connectivity index (χ0n) is 14.3. The molecule has 2 amide bonds. The fraction of sp³-hybridized carbons (Fsp3) is 0.158. The molecule has 0 saturated carbocycles. The molecule has 0 fully saturated rings. The van der Waals surface area contributed by atoms with Crippen molar-refractivity contribution in [3.8, 4) is 10.6 Å². The first kappa shape index (κ1) is 18.9. The van der Waals surface area contributed by atoms with Gasteiger partial charge in [0.2, 0.25) is 0 Å². The van der Waals surface area contributed by atoms with Gasteiger partial charge in [0, 0.05) is 16.1 Å². The molecule has 1 heterocycles. The lowest BCUT2D eigenvalue weighted by atomic mass is 10.2. The van der Waals surface area contributed by atoms with E-state index in [2.05, 4.69) is 15.6 Å². The van der Waals surface area contributed by atoms with E-state index >= 15 is 0 Å². The van der Waals surface area contributed by atoms with E-state index in [1.807, 2.05) is 37.3 Å². The van der Waals surface area contributed by atoms with Crippen LogP contribution < -0.4 is 10.6 Å². The fourth-order valence-corrected chi connectivity index (χ4v) is 3.38. The standard InChI is InChI=1S/C19H16F3N3OS/c1-12-16(27-17(24-12)13-5-3-2-4-6-13)11-23-18(26)25-15-9-7-14(8-10-15)19(20,21)22/h2-10H,11H2,1H3,(H2,23,25,26). The van der Waals surface area contributed by atoms with Gasteiger partial charge in [0.1, 0.15) is 5.01 Å². The number of amides is 2. The van der Waals surface area contributed by atoms with Crippen LogP contribution in [0.4, 0.5) is 23.7 Å². The molecule has 0 aliphatic carbocycles. The van der Waals surface area contributed by atoms with Gasteiger partial charge in [-0.1, -0.05) is 30.3 Å². The molecule has 2 N–H and O–H groups in total. The summed E-state index contributed by atoms with van der Waals surface area (Å²) in [5, 5.41) is 6.08. The molecule has 140 valence electrons. The fourth-order valence-electron chi connectivity index (χ4n) is 2.37. The molecular formula is C19H16F3N3OS. The zero-order chi connectivity index (χ0) is 19.4. The maximum atomic E-state index is 12.5. The Morgan fingerprint density at radius 1 is 1.07 bits per heavy atom. The number of alkyl halides is 3. The SMILES string of the molecule is Cc1nc(-c2ccccc2)sc1CNC(=O)Nc1ccc(C(F)(F)F)cc1. The van der Waals surface area contributed by atoms with E-state index in [1.54, 1.807) is 0 Å². The third kappa shape index (κ3) is 4.85. The van der Waals surface area contributed by atoms with Crippen LogP contribution in [0, 0.1) is 6.92 Å². The molecule has 27 heavy (non-hydrogen) atoms. The number of nitrogens with zero attached hydrogens (tertiary/aromatic N) is 1. The maximum Gasteiger partial charge on any atom is 0.416 e. The van der Waals surface area contributed by atoms with Crippen LogP contribution in [0.5, 0.6) is 0 Å². The first-order chi connectivity index (χ1) is 12.8. The average molecular weight is 391 g/mol. The zero-order valence-corrected chi connectivity index (χ0v) is 15.1. The summed E-state index contributed by atoms with van der Waals surface area (Å²) in [4.78, 5) is 17.4. The molecule has 4 nitrogen and oxygen atoms in total. The van der Waals surface area contributed by atoms with E-state index in [-0.39, 0.29) is 12.2 Å². The third-order valence-electron chi connectivity index (χ3n) is 3.79. The summed E-state index contributed by atoms with van der Waals surface area (Å²) in [6.45, 7) is 2.15. The van der Waals surface area contributed by atoms with E-state index in [9.17, 15) is 18.0 Å². The molecule has 3 aromatic rings. The van der Waals surface area contributed by atoms with Crippen LogP contribution in [0.1, 0.15) is 16.1 Å². The van der Waals surface area contributed by atoms with E-state index < -0.39 is 17.8 Å². The van der Waals surface area contributed by atoms with E-state index in [0.29, 0.717) is 0 Å². The Hall–Kier alpha value is -2.87. The van der Waals surface area contributed by atoms with E-state index in [4.69, 9.17) is 0 Å². The van der Waals surface area contributed by atoms with Gasteiger partial charge in [0.05, 0.1) is 17.8 Å². The Morgan fingerprint density at radius 3 is 2.37 bits per heavy atom. The highest BCUT2D eigenvalue weighted by Crippen LogP contribution is 2.30. The number of rotatable bonds is 4. The van der Waals surface area contributed by atoms with Crippen LogP contribution >= 0.6 is 11.3 Å². The normalized spacial score (nSPS) is 11.3. The third-order valence-corrected chi connectivity index (χ3v) is 5.00. The van der Waals surface area contributed by atoms with Crippen molar-refractivity contribution >= 4 is 23.1 Å². The van der Waals surface area contributed by atoms with Gasteiger partial charge in [-0.25, -0.2) is 9.78 Å². The Balaban J connectivity index is 1.59. The summed E-state index contributed by atoms with van der Waals surface area (Å²) in [6, 6.07) is 13.5. The van der Waals surface area contributed by atoms with E-state index in [1.165, 1.54) is 23.5 Å². The molecule has 0 atom stereocenters. The highest BCUT2D eigenvalue weighted by molar-refractivity contribution is 7.15. The topological polar surface area (TPSA) is 54.0 Å². The summed E-state index contributed by atoms with van der Waals surface area (Å²) in [6.07, 6.45) is -4.40. The van der Waals surface area contributed by atoms with Crippen molar-refractivity contribution in [3.63, 3.8) is 0 Å². The van der Waals surface area contributed by atoms with Gasteiger partial charge < -0.3 is 10.6 Å². The highest BCUT2D eigenvalue weighted by atomic mass is 32.1. The molecule has 2 aromatic carbocycles. The van der Waals surface area contributed by atoms with Crippen molar-refractivity contribution in [2.75, 3.05) is 5.32 Å². The molecule has 0 spiro atoms. The second-order valence-corrected chi connectivity index (χ2v) is 6.86. The second kappa shape index (κ2) is 7.79. The molecule has 0 aliphatic heterocycles. The number of carbonyl (C=O) groups is 1. The summed E-state index contributed by atoms with van der Waals surface area (Å²) in [7, 11) is 0. The van der Waals surface area contributed by atoms with Crippen LogP contribution in [0.2, 0.25) is 0 Å². The predicted octanol–water partition coefficient (Wildman–Crippen LogP) is 5.46. The lowest BCUT2D eigenvalue weighted by Crippen LogP contribution is -2.28. The Bertz CT molecular complexity index is 922. The predicted molar refractivity (Wildman–Crippen MR) is 99.6 cm³/mol. The van der Waals surface area contributed by atoms with Crippen molar-refractivity contribution in [3.05, 3.63) is 70.7 Å². The molecular weight excluding hydrogens is 375 g/mol. The summed E-state index contributed by atoms with van der Waals surface area (Å²) >= 11 is 1.49. The molecule has 0 unspecified atom stereocenters. The van der Waals surface area contributed by atoms with Crippen molar-refractivity contribution in [2.45, 2.75) is 19.6 Å². The maximum absolute atomic E-state index is 12.5. The quantitative estimate of drug-likeness (QED) is 0.621. The van der Waals surface area contributed by atoms with Gasteiger partial charge in [0.25, 0.3) is 0 Å². The summed E-state index contributed by atoms with van der Waals surface area (Å²) in [5.41, 5.74) is 1.36. The second-order valence-electron chi connectivity index (χ2n) is 5.78. The monoisotopic (exact) mass is 391 g/mol. The summed E-state index contributed by atoms with van der Waals surface area (Å²) < 4.78 is 37.6. The Kier molecular flexibility index (Phi) is 5.46. The van der Waals surface area contributed by atoms with Crippen LogP contribution in [-0.2, 0) is 12.7 Å². The van der Waals surface area contributed by atoms with Crippen LogP contribution in [0.3, 0.4) is 0 Å². The first-order valence-corrected chi connectivity index (χ1v) is 8.88. The number of hydrogen-bond acceptors (Lipinski definition) is 3. The van der Waals surface area contributed by atoms with Crippen LogP contribution in [0.25, 0.3) is 10.6 Å². The number of carbonyl (C=O) groups excluding carboxylic acids is 1. The number of urea groups is 1. The highest BCUT2D eigenvalue weighted by Gasteiger charge is 2.29. The smallest absolute Gasteiger partial charge is 0.333 e. The minimum absolute atomic E-state index is 0.281. The van der Waals surface area contributed by atoms with Gasteiger partial charge >= 0.3 is 12.2 Å². The van der Waals surface area contributed by atoms with Crippen molar-refractivity contribution in [2.24, 2.45) is 0 Å². The molecule has 0 saturated heterocycles. The summed E-state index contributed by atoms with van der Waals surface area (Å²) in [5.74, 6) is 0. The van der Waals surface area contributed by atoms with Gasteiger partial charge in [-0.3, -0.25) is 0 Å². The largest absolute Gasteiger partial charge is 0.416 e. The van der Waals surface area contributed by atoms with Crippen molar-refractivity contribution < 1.29 is 18.0 Å². The molecule has 8 heteroatoms. The number of hydrogen-bond donors (Lipinski definition) is 2. The van der Waals surface area contributed by atoms with Gasteiger partial charge in [-0.2, -0.15) is 13.2 Å². The van der Waals surface area contributed by atoms with Gasteiger partial charge in [-0.05, 0) is 31.2 Å². The van der Waals surface area contributed by atoms with Gasteiger partial charge in [-0.15, -0.1) is 11.3 Å². The number of aryl methyl sites for hydroxylation is 1. The van der Waals surface area contributed by atoms with Crippen LogP contribution in [0.15, 0.2) is 54.6 Å². The van der Waals surface area contributed by atoms with Gasteiger partial charge in [0.15, 0.2) is 0 Å². The number of nitrogens with one attached hydrogen (secondary N) is 2. The van der Waals surface area contributed by atoms with E-state index in [0.717, 1.165) is 33.3 Å². The molecule has 3 rings (SSSR count). The lowest BCUT2D eigenvalue weighted by Gasteiger charge is -2.09. The number of halogens is 3. The molecule has 0 aliphatic rings. The Morgan fingerprint density at radius 2 is 1.74 bits per heavy atom. The van der Waals surface area contributed by atoms with Crippen molar-refractivity contribution in [1.82, 2.24) is 10.3 Å². The molecule has 0 radical (unpaired) electrons. The molecule has 0 bridgehead atoms. The first-order valence-electron chi connectivity index (χ1n) is 8.07. The Labute approximate surface area is 158 Å². The minimum atomic E-state index is -4.40. The van der Waals surface area contributed by atoms with Crippen LogP contribution in [-0.4, -0.2) is 11.0 Å². The minimum Gasteiger partial charge on any atom is -0.333 e. The molecule has 1 aromatic heterocycles. The number of aromatic nitrogens is 1. The van der Waals surface area contributed by atoms with Crippen molar-refractivity contribution in [1.29, 1.82) is 0 Å².